The Morgan fingerprint density at radius 2 is 1.83 bits per heavy atom. The molecule has 0 radical (unpaired) electrons. The van der Waals surface area contributed by atoms with Gasteiger partial charge in [0, 0.05) is 5.69 Å². The average molecular weight is 331 g/mol. The number of rotatable bonds is 3. The third-order valence-electron chi connectivity index (χ3n) is 3.19. The van der Waals surface area contributed by atoms with Gasteiger partial charge in [-0.05, 0) is 36.4 Å². The molecule has 3 rings (SSSR count). The summed E-state index contributed by atoms with van der Waals surface area (Å²) in [6.07, 6.45) is 0. The maximum Gasteiger partial charge on any atom is 0.292 e. The van der Waals surface area contributed by atoms with Crippen LogP contribution < -0.4 is 15.4 Å². The fraction of sp³-hybridized carbons (Fsp3) is 0.0667. The van der Waals surface area contributed by atoms with Gasteiger partial charge >= 0.3 is 0 Å². The lowest BCUT2D eigenvalue weighted by Gasteiger charge is -2.17. The molecule has 23 heavy (non-hydrogen) atoms. The smallest absolute Gasteiger partial charge is 0.292 e. The normalized spacial score (nSPS) is 14.9. The lowest BCUT2D eigenvalue weighted by Crippen LogP contribution is -2.33. The number of fused-ring (bicyclic) bond motifs is 1. The highest BCUT2D eigenvalue weighted by molar-refractivity contribution is 7.90. The Labute approximate surface area is 133 Å². The molecule has 1 amide bonds. The van der Waals surface area contributed by atoms with Gasteiger partial charge < -0.3 is 15.4 Å². The van der Waals surface area contributed by atoms with Crippen molar-refractivity contribution in [2.75, 3.05) is 17.7 Å². The Kier molecular flexibility index (Phi) is 3.75. The predicted octanol–water partition coefficient (Wildman–Crippen LogP) is 1.85. The van der Waals surface area contributed by atoms with Crippen LogP contribution in [0.25, 0.3) is 0 Å². The second-order valence-corrected chi connectivity index (χ2v) is 6.29. The minimum Gasteiger partial charge on any atom is -0.497 e. The number of anilines is 2. The Balaban J connectivity index is 1.84. The van der Waals surface area contributed by atoms with Gasteiger partial charge in [0.05, 0.1) is 12.8 Å². The van der Waals surface area contributed by atoms with E-state index >= 15 is 0 Å². The molecule has 0 spiro atoms. The van der Waals surface area contributed by atoms with E-state index in [-0.39, 0.29) is 10.7 Å². The van der Waals surface area contributed by atoms with Crippen molar-refractivity contribution in [2.24, 2.45) is 4.40 Å². The van der Waals surface area contributed by atoms with E-state index in [1.54, 1.807) is 42.5 Å². The molecule has 0 atom stereocenters. The molecular weight excluding hydrogens is 318 g/mol. The maximum atomic E-state index is 12.2. The predicted molar refractivity (Wildman–Crippen MR) is 86.3 cm³/mol. The van der Waals surface area contributed by atoms with Crippen molar-refractivity contribution >= 4 is 33.1 Å². The number of amidine groups is 1. The highest BCUT2D eigenvalue weighted by Gasteiger charge is 2.27. The number of ether oxygens (including phenoxy) is 1. The first-order chi connectivity index (χ1) is 11.0. The highest BCUT2D eigenvalue weighted by atomic mass is 32.2. The molecule has 1 aliphatic rings. The number of methoxy groups -OCH3 is 1. The number of nitrogens with one attached hydrogen (secondary N) is 2. The molecule has 1 heterocycles. The van der Waals surface area contributed by atoms with Crippen LogP contribution in [0.15, 0.2) is 57.8 Å². The average Bonchev–Trinajstić information content (AvgIpc) is 2.55. The standard InChI is InChI=1S/C15H13N3O4S/c1-22-11-8-6-10(7-9-11)16-15(19)14-17-12-4-2-3-5-13(12)23(20,21)18-14/h2-9H,1H3,(H,16,19)(H,17,18). The van der Waals surface area contributed by atoms with E-state index in [9.17, 15) is 13.2 Å². The van der Waals surface area contributed by atoms with Crippen LogP contribution in [0.1, 0.15) is 0 Å². The van der Waals surface area contributed by atoms with Crippen LogP contribution in [0.2, 0.25) is 0 Å². The Morgan fingerprint density at radius 1 is 1.13 bits per heavy atom. The minimum atomic E-state index is -3.89. The number of amides is 1. The lowest BCUT2D eigenvalue weighted by molar-refractivity contribution is -0.110. The molecule has 0 saturated carbocycles. The molecule has 0 bridgehead atoms. The Bertz CT molecular complexity index is 889. The molecule has 8 heteroatoms. The van der Waals surface area contributed by atoms with Gasteiger partial charge in [0.25, 0.3) is 15.9 Å². The molecule has 2 N–H and O–H groups in total. The summed E-state index contributed by atoms with van der Waals surface area (Å²) in [7, 11) is -2.36. The molecule has 0 aliphatic carbocycles. The molecule has 1 aliphatic heterocycles. The van der Waals surface area contributed by atoms with E-state index in [0.717, 1.165) is 0 Å². The monoisotopic (exact) mass is 331 g/mol. The number of hydrogen-bond acceptors (Lipinski definition) is 5. The highest BCUT2D eigenvalue weighted by Crippen LogP contribution is 2.26. The van der Waals surface area contributed by atoms with Crippen molar-refractivity contribution in [3.05, 3.63) is 48.5 Å². The van der Waals surface area contributed by atoms with Crippen LogP contribution in [0.4, 0.5) is 11.4 Å². The molecule has 0 saturated heterocycles. The largest absolute Gasteiger partial charge is 0.497 e. The summed E-state index contributed by atoms with van der Waals surface area (Å²) in [5.41, 5.74) is 0.818. The summed E-state index contributed by atoms with van der Waals surface area (Å²) in [5, 5.41) is 5.31. The van der Waals surface area contributed by atoms with Gasteiger partial charge in [-0.1, -0.05) is 12.1 Å². The van der Waals surface area contributed by atoms with Crippen LogP contribution >= 0.6 is 0 Å². The number of para-hydroxylation sites is 1. The summed E-state index contributed by atoms with van der Waals surface area (Å²) >= 11 is 0. The number of carbonyl (C=O) groups excluding carboxylic acids is 1. The second-order valence-electron chi connectivity index (χ2n) is 4.72. The number of hydrogen-bond donors (Lipinski definition) is 2. The van der Waals surface area contributed by atoms with Gasteiger partial charge in [0.2, 0.25) is 5.84 Å². The molecule has 118 valence electrons. The first-order valence-corrected chi connectivity index (χ1v) is 8.10. The van der Waals surface area contributed by atoms with Gasteiger partial charge in [-0.15, -0.1) is 4.40 Å². The summed E-state index contributed by atoms with van der Waals surface area (Å²) < 4.78 is 32.8. The van der Waals surface area contributed by atoms with E-state index < -0.39 is 15.9 Å². The van der Waals surface area contributed by atoms with Crippen molar-refractivity contribution in [3.63, 3.8) is 0 Å². The number of nitrogens with zero attached hydrogens (tertiary/aromatic N) is 1. The van der Waals surface area contributed by atoms with Gasteiger partial charge in [0.15, 0.2) is 0 Å². The first kappa shape index (κ1) is 15.0. The number of sulfonamides is 1. The zero-order valence-corrected chi connectivity index (χ0v) is 12.9. The zero-order chi connectivity index (χ0) is 16.4. The fourth-order valence-corrected chi connectivity index (χ4v) is 3.19. The van der Waals surface area contributed by atoms with Gasteiger partial charge in [0.1, 0.15) is 10.6 Å². The third-order valence-corrected chi connectivity index (χ3v) is 4.53. The zero-order valence-electron chi connectivity index (χ0n) is 12.1. The molecule has 7 nitrogen and oxygen atoms in total. The van der Waals surface area contributed by atoms with Crippen LogP contribution in [0, 0.1) is 0 Å². The summed E-state index contributed by atoms with van der Waals surface area (Å²) in [5.74, 6) is -0.277. The quantitative estimate of drug-likeness (QED) is 0.894. The fourth-order valence-electron chi connectivity index (χ4n) is 2.08. The van der Waals surface area contributed by atoms with E-state index in [1.165, 1.54) is 13.2 Å². The first-order valence-electron chi connectivity index (χ1n) is 6.66. The minimum absolute atomic E-state index is 0.0426. The van der Waals surface area contributed by atoms with Crippen molar-refractivity contribution in [1.29, 1.82) is 0 Å². The van der Waals surface area contributed by atoms with Crippen LogP contribution in [0.5, 0.6) is 5.75 Å². The summed E-state index contributed by atoms with van der Waals surface area (Å²) in [6, 6.07) is 12.9. The molecule has 2 aromatic rings. The molecule has 2 aromatic carbocycles. The van der Waals surface area contributed by atoms with Gasteiger partial charge in [-0.25, -0.2) is 0 Å². The van der Waals surface area contributed by atoms with Crippen molar-refractivity contribution < 1.29 is 17.9 Å². The summed E-state index contributed by atoms with van der Waals surface area (Å²) in [4.78, 5) is 12.3. The van der Waals surface area contributed by atoms with E-state index in [4.69, 9.17) is 4.74 Å². The SMILES string of the molecule is COc1ccc(NC(=O)C2=NS(=O)(=O)c3ccccc3N2)cc1. The molecule has 0 fully saturated rings. The van der Waals surface area contributed by atoms with Crippen LogP contribution in [-0.2, 0) is 14.8 Å². The van der Waals surface area contributed by atoms with Crippen molar-refractivity contribution in [1.82, 2.24) is 0 Å². The van der Waals surface area contributed by atoms with Crippen molar-refractivity contribution in [2.45, 2.75) is 4.90 Å². The molecular formula is C15H13N3O4S. The van der Waals surface area contributed by atoms with E-state index in [2.05, 4.69) is 15.0 Å². The summed E-state index contributed by atoms with van der Waals surface area (Å²) in [6.45, 7) is 0. The second kappa shape index (κ2) is 5.73. The lowest BCUT2D eigenvalue weighted by atomic mass is 10.3. The Morgan fingerprint density at radius 3 is 2.52 bits per heavy atom. The van der Waals surface area contributed by atoms with Gasteiger partial charge in [-0.3, -0.25) is 4.79 Å². The van der Waals surface area contributed by atoms with Gasteiger partial charge in [-0.2, -0.15) is 8.42 Å². The van der Waals surface area contributed by atoms with Crippen LogP contribution in [-0.4, -0.2) is 27.3 Å². The maximum absolute atomic E-state index is 12.2. The Hall–Kier alpha value is -2.87. The van der Waals surface area contributed by atoms with Crippen LogP contribution in [0.3, 0.4) is 0 Å². The van der Waals surface area contributed by atoms with E-state index in [0.29, 0.717) is 17.1 Å². The molecule has 0 unspecified atom stereocenters. The number of carbonyl (C=O) groups is 1. The third kappa shape index (κ3) is 3.02. The van der Waals surface area contributed by atoms with Crippen molar-refractivity contribution in [3.8, 4) is 5.75 Å². The molecule has 0 aromatic heterocycles. The van der Waals surface area contributed by atoms with E-state index in [1.807, 2.05) is 0 Å². The topological polar surface area (TPSA) is 96.9 Å². The number of benzene rings is 2.